The Morgan fingerprint density at radius 3 is 2.22 bits per heavy atom. The summed E-state index contributed by atoms with van der Waals surface area (Å²) in [5.74, 6) is -2.96. The Balaban J connectivity index is 1.02. The Bertz CT molecular complexity index is 1640. The van der Waals surface area contributed by atoms with Crippen LogP contribution in [0.3, 0.4) is 0 Å². The lowest BCUT2D eigenvalue weighted by Crippen LogP contribution is -2.65. The summed E-state index contributed by atoms with van der Waals surface area (Å²) < 4.78 is 88.6. The molecule has 0 aromatic heterocycles. The topological polar surface area (TPSA) is 85.4 Å². The van der Waals surface area contributed by atoms with E-state index in [2.05, 4.69) is 15.1 Å². The lowest BCUT2D eigenvalue weighted by molar-refractivity contribution is -0.0945. The summed E-state index contributed by atoms with van der Waals surface area (Å²) in [6, 6.07) is 12.9. The van der Waals surface area contributed by atoms with Crippen LogP contribution >= 0.6 is 0 Å². The number of carbonyl (C=O) groups is 1. The minimum atomic E-state index is -3.99. The maximum atomic E-state index is 16.1. The third kappa shape index (κ3) is 6.84. The molecule has 2 aromatic rings. The van der Waals surface area contributed by atoms with E-state index in [1.807, 2.05) is 11.0 Å². The van der Waals surface area contributed by atoms with Gasteiger partial charge in [-0.1, -0.05) is 18.6 Å². The van der Waals surface area contributed by atoms with Crippen molar-refractivity contribution in [2.24, 2.45) is 11.8 Å². The summed E-state index contributed by atoms with van der Waals surface area (Å²) >= 11 is 0. The van der Waals surface area contributed by atoms with Gasteiger partial charge in [0.15, 0.2) is 5.67 Å². The number of amides is 1. The maximum Gasteiger partial charge on any atom is 0.407 e. The summed E-state index contributed by atoms with van der Waals surface area (Å²) in [6.07, 6.45) is 5.05. The van der Waals surface area contributed by atoms with Gasteiger partial charge >= 0.3 is 6.09 Å². The van der Waals surface area contributed by atoms with E-state index < -0.39 is 46.2 Å². The quantitative estimate of drug-likeness (QED) is 0.332. The number of nitrogens with one attached hydrogen (secondary N) is 1. The number of nitrogens with zero attached hydrogens (tertiary/aromatic N) is 4. The number of hydrogen-bond donors (Lipinski definition) is 1. The van der Waals surface area contributed by atoms with Crippen molar-refractivity contribution in [3.05, 3.63) is 59.9 Å². The van der Waals surface area contributed by atoms with Crippen LogP contribution in [0.1, 0.15) is 44.1 Å². The zero-order valence-corrected chi connectivity index (χ0v) is 29.3. The van der Waals surface area contributed by atoms with Crippen molar-refractivity contribution in [1.29, 1.82) is 0 Å². The second kappa shape index (κ2) is 13.6. The molecule has 0 bridgehead atoms. The monoisotopic (exact) mass is 721 g/mol. The fourth-order valence-electron chi connectivity index (χ4n) is 9.28. The largest absolute Gasteiger partial charge is 0.453 e. The van der Waals surface area contributed by atoms with Crippen LogP contribution in [0.4, 0.5) is 28.0 Å². The van der Waals surface area contributed by atoms with Gasteiger partial charge in [-0.15, -0.1) is 0 Å². The zero-order chi connectivity index (χ0) is 35.3. The third-order valence-corrected chi connectivity index (χ3v) is 13.7. The van der Waals surface area contributed by atoms with Gasteiger partial charge in [0.25, 0.3) is 5.92 Å². The molecule has 3 atom stereocenters. The number of anilines is 1. The average Bonchev–Trinajstić information content (AvgIpc) is 3.51. The summed E-state index contributed by atoms with van der Waals surface area (Å²) in [4.78, 5) is 18.9. The van der Waals surface area contributed by atoms with Crippen molar-refractivity contribution < 1.29 is 35.5 Å². The first-order chi connectivity index (χ1) is 23.8. The second-order valence-electron chi connectivity index (χ2n) is 15.1. The Labute approximate surface area is 292 Å². The normalized spacial score (nSPS) is 27.1. The van der Waals surface area contributed by atoms with E-state index in [9.17, 15) is 26.4 Å². The highest BCUT2D eigenvalue weighted by molar-refractivity contribution is 7.89. The van der Waals surface area contributed by atoms with Gasteiger partial charge in [0.2, 0.25) is 10.0 Å². The molecule has 0 unspecified atom stereocenters. The summed E-state index contributed by atoms with van der Waals surface area (Å²) in [6.45, 7) is 3.17. The first-order valence-corrected chi connectivity index (χ1v) is 19.2. The fourth-order valence-corrected chi connectivity index (χ4v) is 10.8. The smallest absolute Gasteiger partial charge is 0.407 e. The van der Waals surface area contributed by atoms with Gasteiger partial charge in [0.05, 0.1) is 38.2 Å². The van der Waals surface area contributed by atoms with Crippen LogP contribution in [0.2, 0.25) is 0 Å². The number of alkyl carbamates (subject to hydrolysis) is 1. The summed E-state index contributed by atoms with van der Waals surface area (Å²) in [7, 11) is -2.62. The summed E-state index contributed by atoms with van der Waals surface area (Å²) in [5, 5.41) is 3.12. The van der Waals surface area contributed by atoms with Crippen molar-refractivity contribution in [3.63, 3.8) is 0 Å². The molecule has 1 N–H and O–H groups in total. The number of ether oxygens (including phenoxy) is 1. The van der Waals surface area contributed by atoms with E-state index in [-0.39, 0.29) is 48.2 Å². The molecule has 274 valence electrons. The zero-order valence-electron chi connectivity index (χ0n) is 28.5. The lowest BCUT2D eigenvalue weighted by atomic mass is 9.57. The van der Waals surface area contributed by atoms with Gasteiger partial charge in [-0.3, -0.25) is 4.90 Å². The van der Waals surface area contributed by atoms with E-state index in [4.69, 9.17) is 4.74 Å². The average molecular weight is 722 g/mol. The molecule has 9 nitrogen and oxygen atoms in total. The molecule has 5 fully saturated rings. The van der Waals surface area contributed by atoms with Crippen LogP contribution in [-0.2, 0) is 20.2 Å². The highest BCUT2D eigenvalue weighted by atomic mass is 32.2. The predicted molar refractivity (Wildman–Crippen MR) is 181 cm³/mol. The minimum absolute atomic E-state index is 0.0555. The number of rotatable bonds is 11. The van der Waals surface area contributed by atoms with Gasteiger partial charge in [0, 0.05) is 30.2 Å². The van der Waals surface area contributed by atoms with E-state index in [1.54, 1.807) is 24.3 Å². The number of carbonyl (C=O) groups excluding carboxylic acids is 1. The Hall–Kier alpha value is -2.94. The highest BCUT2D eigenvalue weighted by Crippen LogP contribution is 2.51. The van der Waals surface area contributed by atoms with Crippen molar-refractivity contribution in [1.82, 2.24) is 19.4 Å². The van der Waals surface area contributed by atoms with Crippen LogP contribution in [0.15, 0.2) is 53.4 Å². The first kappa shape index (κ1) is 35.5. The number of halogens is 4. The molecular formula is C36H47F4N5O4S. The van der Waals surface area contributed by atoms with Gasteiger partial charge in [-0.25, -0.2) is 30.8 Å². The number of methoxy groups -OCH3 is 1. The molecule has 1 amide bonds. The molecule has 2 aromatic carbocycles. The molecule has 0 radical (unpaired) electrons. The molecule has 50 heavy (non-hydrogen) atoms. The van der Waals surface area contributed by atoms with E-state index >= 15 is 4.39 Å². The molecule has 4 saturated heterocycles. The standard InChI is InChI=1S/C36H47F4N5O4S/c1-49-33(46)41-32-8-3-7-31(32)36(25-42-15-4-16-42,27-5-2-6-28(37)19-27)26-13-17-43(18-14-26)20-34(38)21-44(22-34)29-9-11-30(12-10-29)50(47,48)45-23-35(39,40)24-45/h2,5-6,9-12,19,26,31-32H,3-4,7-8,13-18,20-25H2,1H3,(H,41,46)/t31-,32-,36-/m0/s1. The van der Waals surface area contributed by atoms with E-state index in [1.165, 1.54) is 25.3 Å². The Kier molecular flexibility index (Phi) is 9.61. The maximum absolute atomic E-state index is 16.1. The molecule has 4 heterocycles. The SMILES string of the molecule is COC(=O)N[C@H]1CCC[C@@H]1[C@](CN1CCC1)(c1cccc(F)c1)C1CCN(CC2(F)CN(c3ccc(S(=O)(=O)N4CC(F)(F)C4)cc3)C2)CC1. The first-order valence-electron chi connectivity index (χ1n) is 17.8. The van der Waals surface area contributed by atoms with Crippen LogP contribution in [0, 0.1) is 17.7 Å². The van der Waals surface area contributed by atoms with Crippen LogP contribution in [0.5, 0.6) is 0 Å². The third-order valence-electron chi connectivity index (χ3n) is 11.9. The van der Waals surface area contributed by atoms with Crippen LogP contribution in [0.25, 0.3) is 0 Å². The Morgan fingerprint density at radius 2 is 1.62 bits per heavy atom. The van der Waals surface area contributed by atoms with Crippen molar-refractivity contribution in [2.45, 2.75) is 66.5 Å². The van der Waals surface area contributed by atoms with Crippen LogP contribution in [-0.4, -0.2) is 119 Å². The number of sulfonamides is 1. The highest BCUT2D eigenvalue weighted by Gasteiger charge is 2.54. The molecule has 1 saturated carbocycles. The fraction of sp³-hybridized carbons (Fsp3) is 0.639. The Morgan fingerprint density at radius 1 is 0.920 bits per heavy atom. The van der Waals surface area contributed by atoms with Gasteiger partial charge in [0.1, 0.15) is 5.82 Å². The van der Waals surface area contributed by atoms with E-state index in [0.717, 1.165) is 68.0 Å². The number of hydrogen-bond acceptors (Lipinski definition) is 7. The molecule has 1 aliphatic carbocycles. The number of piperidine rings is 1. The van der Waals surface area contributed by atoms with Gasteiger partial charge in [-0.05, 0) is 112 Å². The van der Waals surface area contributed by atoms with Crippen molar-refractivity contribution >= 4 is 21.8 Å². The van der Waals surface area contributed by atoms with E-state index in [0.29, 0.717) is 18.8 Å². The summed E-state index contributed by atoms with van der Waals surface area (Å²) in [5.41, 5.74) is -0.167. The number of benzene rings is 2. The molecule has 0 spiro atoms. The molecule has 4 aliphatic heterocycles. The van der Waals surface area contributed by atoms with Crippen LogP contribution < -0.4 is 10.2 Å². The number of alkyl halides is 3. The molecule has 14 heteroatoms. The lowest BCUT2D eigenvalue weighted by Gasteiger charge is -2.54. The van der Waals surface area contributed by atoms with Crippen molar-refractivity contribution in [2.75, 3.05) is 77.5 Å². The van der Waals surface area contributed by atoms with Gasteiger partial charge in [-0.2, -0.15) is 4.31 Å². The minimum Gasteiger partial charge on any atom is -0.453 e. The predicted octanol–water partition coefficient (Wildman–Crippen LogP) is 4.87. The van der Waals surface area contributed by atoms with Crippen molar-refractivity contribution in [3.8, 4) is 0 Å². The second-order valence-corrected chi connectivity index (χ2v) is 17.1. The van der Waals surface area contributed by atoms with Gasteiger partial charge < -0.3 is 19.9 Å². The molecule has 7 rings (SSSR count). The molecule has 5 aliphatic rings. The molecular weight excluding hydrogens is 674 g/mol. The number of likely N-dealkylation sites (tertiary alicyclic amines) is 2.